The minimum absolute atomic E-state index is 0.105. The summed E-state index contributed by atoms with van der Waals surface area (Å²) in [6.45, 7) is 2.35. The first-order chi connectivity index (χ1) is 15.6. The summed E-state index contributed by atoms with van der Waals surface area (Å²) in [5.41, 5.74) is 4.59. The molecule has 0 bridgehead atoms. The van der Waals surface area contributed by atoms with Crippen molar-refractivity contribution in [3.8, 4) is 11.5 Å². The lowest BCUT2D eigenvalue weighted by molar-refractivity contribution is 0.101. The fraction of sp³-hybridized carbons (Fsp3) is 0.107. The molecule has 2 heterocycles. The number of nitrogens with zero attached hydrogens (tertiary/aromatic N) is 1. The summed E-state index contributed by atoms with van der Waals surface area (Å²) in [5.74, 6) is 1.51. The summed E-state index contributed by atoms with van der Waals surface area (Å²) in [6, 6.07) is 21.8. The van der Waals surface area contributed by atoms with Gasteiger partial charge in [-0.25, -0.2) is 0 Å². The van der Waals surface area contributed by atoms with Crippen molar-refractivity contribution in [3.05, 3.63) is 107 Å². The third kappa shape index (κ3) is 3.60. The van der Waals surface area contributed by atoms with Crippen LogP contribution in [-0.2, 0) is 7.05 Å². The minimum atomic E-state index is -0.105. The average molecular weight is 421 g/mol. The molecule has 4 nitrogen and oxygen atoms in total. The van der Waals surface area contributed by atoms with Gasteiger partial charge in [0.05, 0.1) is 5.56 Å². The number of hydrogen-bond donors (Lipinski definition) is 0. The Morgan fingerprint density at radius 2 is 1.78 bits per heavy atom. The Morgan fingerprint density at radius 3 is 2.62 bits per heavy atom. The molecule has 5 rings (SSSR count). The number of benzene rings is 3. The van der Waals surface area contributed by atoms with Gasteiger partial charge in [-0.1, -0.05) is 54.6 Å². The van der Waals surface area contributed by atoms with Gasteiger partial charge in [0, 0.05) is 35.3 Å². The van der Waals surface area contributed by atoms with E-state index in [1.165, 1.54) is 0 Å². The Morgan fingerprint density at radius 1 is 1.00 bits per heavy atom. The van der Waals surface area contributed by atoms with Crippen molar-refractivity contribution in [2.24, 2.45) is 7.05 Å². The zero-order valence-electron chi connectivity index (χ0n) is 18.0. The summed E-state index contributed by atoms with van der Waals surface area (Å²) in [4.78, 5) is 13.0. The quantitative estimate of drug-likeness (QED) is 0.361. The van der Waals surface area contributed by atoms with Gasteiger partial charge in [0.25, 0.3) is 0 Å². The van der Waals surface area contributed by atoms with Crippen LogP contribution >= 0.6 is 0 Å². The highest BCUT2D eigenvalue weighted by Crippen LogP contribution is 2.39. The molecule has 158 valence electrons. The molecule has 0 saturated carbocycles. The van der Waals surface area contributed by atoms with E-state index in [-0.39, 0.29) is 5.78 Å². The molecule has 0 aliphatic carbocycles. The van der Waals surface area contributed by atoms with E-state index in [4.69, 9.17) is 9.47 Å². The first-order valence-electron chi connectivity index (χ1n) is 10.6. The SMILES string of the molecule is Cc1c(OC/C=C/c2ccccc2)ccc2c1O/C(=C/c1cn(C)c3ccccc13)C2=O. The smallest absolute Gasteiger partial charge is 0.231 e. The molecule has 1 aliphatic rings. The predicted octanol–water partition coefficient (Wildman–Crippen LogP) is 6.20. The summed E-state index contributed by atoms with van der Waals surface area (Å²) in [7, 11) is 2.00. The molecule has 0 unspecified atom stereocenters. The molecule has 0 spiro atoms. The molecule has 4 heteroatoms. The zero-order chi connectivity index (χ0) is 22.1. The van der Waals surface area contributed by atoms with E-state index in [0.717, 1.165) is 27.6 Å². The highest BCUT2D eigenvalue weighted by Gasteiger charge is 2.30. The van der Waals surface area contributed by atoms with Gasteiger partial charge in [-0.3, -0.25) is 4.79 Å². The van der Waals surface area contributed by atoms with Crippen molar-refractivity contribution < 1.29 is 14.3 Å². The highest BCUT2D eigenvalue weighted by molar-refractivity contribution is 6.15. The summed E-state index contributed by atoms with van der Waals surface area (Å²) in [6.07, 6.45) is 7.83. The van der Waals surface area contributed by atoms with E-state index < -0.39 is 0 Å². The normalized spacial score (nSPS) is 14.3. The Balaban J connectivity index is 1.37. The number of fused-ring (bicyclic) bond motifs is 2. The first kappa shape index (κ1) is 19.9. The Hall–Kier alpha value is -4.05. The number of para-hydroxylation sites is 1. The van der Waals surface area contributed by atoms with Crippen molar-refractivity contribution in [1.82, 2.24) is 4.57 Å². The van der Waals surface area contributed by atoms with Gasteiger partial charge in [-0.2, -0.15) is 0 Å². The second-order valence-corrected chi connectivity index (χ2v) is 7.84. The number of aryl methyl sites for hydroxylation is 1. The molecular formula is C28H23NO3. The average Bonchev–Trinajstić information content (AvgIpc) is 3.31. The van der Waals surface area contributed by atoms with E-state index in [1.54, 1.807) is 6.07 Å². The van der Waals surface area contributed by atoms with Gasteiger partial charge < -0.3 is 14.0 Å². The zero-order valence-corrected chi connectivity index (χ0v) is 18.0. The lowest BCUT2D eigenvalue weighted by Gasteiger charge is -2.10. The number of rotatable bonds is 5. The van der Waals surface area contributed by atoms with Crippen LogP contribution in [0.15, 0.2) is 84.8 Å². The van der Waals surface area contributed by atoms with E-state index in [0.29, 0.717) is 29.4 Å². The number of ketones is 1. The van der Waals surface area contributed by atoms with Crippen molar-refractivity contribution in [3.63, 3.8) is 0 Å². The summed E-state index contributed by atoms with van der Waals surface area (Å²) in [5, 5.41) is 1.08. The van der Waals surface area contributed by atoms with Crippen LogP contribution in [0.1, 0.15) is 27.0 Å². The van der Waals surface area contributed by atoms with Crippen molar-refractivity contribution >= 4 is 28.8 Å². The van der Waals surface area contributed by atoms with Crippen LogP contribution in [0.25, 0.3) is 23.1 Å². The molecular weight excluding hydrogens is 398 g/mol. The Kier molecular flexibility index (Phi) is 5.12. The standard InChI is InChI=1S/C28H23NO3/c1-19-25(31-16-8-11-20-9-4-3-5-10-20)15-14-23-27(30)26(32-28(19)23)17-21-18-29(2)24-13-7-6-12-22(21)24/h3-15,17-18H,16H2,1-2H3/b11-8+,26-17+. The first-order valence-corrected chi connectivity index (χ1v) is 10.6. The molecule has 0 atom stereocenters. The van der Waals surface area contributed by atoms with E-state index in [2.05, 4.69) is 16.7 Å². The fourth-order valence-electron chi connectivity index (χ4n) is 4.04. The molecule has 0 fully saturated rings. The molecule has 0 saturated heterocycles. The number of ether oxygens (including phenoxy) is 2. The summed E-state index contributed by atoms with van der Waals surface area (Å²) < 4.78 is 14.0. The third-order valence-electron chi connectivity index (χ3n) is 5.70. The van der Waals surface area contributed by atoms with Crippen LogP contribution < -0.4 is 9.47 Å². The third-order valence-corrected chi connectivity index (χ3v) is 5.70. The van der Waals surface area contributed by atoms with Gasteiger partial charge >= 0.3 is 0 Å². The van der Waals surface area contributed by atoms with Crippen LogP contribution in [0.3, 0.4) is 0 Å². The highest BCUT2D eigenvalue weighted by atomic mass is 16.5. The monoisotopic (exact) mass is 421 g/mol. The molecule has 4 aromatic rings. The summed E-state index contributed by atoms with van der Waals surface area (Å²) >= 11 is 0. The maximum absolute atomic E-state index is 13.0. The maximum Gasteiger partial charge on any atom is 0.231 e. The van der Waals surface area contributed by atoms with Crippen LogP contribution in [0.2, 0.25) is 0 Å². The Labute approximate surface area is 187 Å². The Bertz CT molecular complexity index is 1380. The molecule has 3 aromatic carbocycles. The molecule has 32 heavy (non-hydrogen) atoms. The molecule has 0 N–H and O–H groups in total. The number of aromatic nitrogens is 1. The van der Waals surface area contributed by atoms with Crippen LogP contribution in [0, 0.1) is 6.92 Å². The number of hydrogen-bond acceptors (Lipinski definition) is 3. The minimum Gasteiger partial charge on any atom is -0.489 e. The lowest BCUT2D eigenvalue weighted by Crippen LogP contribution is -1.98. The van der Waals surface area contributed by atoms with Crippen LogP contribution in [-0.4, -0.2) is 17.0 Å². The largest absolute Gasteiger partial charge is 0.489 e. The van der Waals surface area contributed by atoms with Crippen molar-refractivity contribution in [2.75, 3.05) is 6.61 Å². The van der Waals surface area contributed by atoms with E-state index in [9.17, 15) is 4.79 Å². The number of carbonyl (C=O) groups excluding carboxylic acids is 1. The van der Waals surface area contributed by atoms with Gasteiger partial charge in [-0.15, -0.1) is 0 Å². The van der Waals surface area contributed by atoms with Crippen molar-refractivity contribution in [2.45, 2.75) is 6.92 Å². The number of allylic oxidation sites excluding steroid dienone is 1. The van der Waals surface area contributed by atoms with Crippen LogP contribution in [0.4, 0.5) is 0 Å². The van der Waals surface area contributed by atoms with E-state index in [1.807, 2.05) is 86.9 Å². The number of carbonyl (C=O) groups is 1. The topological polar surface area (TPSA) is 40.5 Å². The molecule has 0 radical (unpaired) electrons. The maximum atomic E-state index is 13.0. The van der Waals surface area contributed by atoms with Gasteiger partial charge in [-0.05, 0) is 42.8 Å². The van der Waals surface area contributed by atoms with Gasteiger partial charge in [0.2, 0.25) is 5.78 Å². The lowest BCUT2D eigenvalue weighted by atomic mass is 10.1. The second kappa shape index (κ2) is 8.23. The van der Waals surface area contributed by atoms with Crippen LogP contribution in [0.5, 0.6) is 11.5 Å². The van der Waals surface area contributed by atoms with Crippen molar-refractivity contribution in [1.29, 1.82) is 0 Å². The molecule has 1 aromatic heterocycles. The fourth-order valence-corrected chi connectivity index (χ4v) is 4.04. The van der Waals surface area contributed by atoms with E-state index >= 15 is 0 Å². The van der Waals surface area contributed by atoms with Gasteiger partial charge in [0.15, 0.2) is 5.76 Å². The van der Waals surface area contributed by atoms with Gasteiger partial charge in [0.1, 0.15) is 18.1 Å². The second-order valence-electron chi connectivity index (χ2n) is 7.84. The molecule has 0 amide bonds. The number of Topliss-reactive ketones (excluding diaryl/α,β-unsaturated/α-hetero) is 1. The predicted molar refractivity (Wildman–Crippen MR) is 128 cm³/mol. The molecule has 1 aliphatic heterocycles.